The molecule has 0 spiro atoms. The second kappa shape index (κ2) is 5.72. The van der Waals surface area contributed by atoms with Gasteiger partial charge < -0.3 is 15.6 Å². The van der Waals surface area contributed by atoms with Gasteiger partial charge in [-0.25, -0.2) is 0 Å². The van der Waals surface area contributed by atoms with Gasteiger partial charge in [-0.15, -0.1) is 0 Å². The van der Waals surface area contributed by atoms with Crippen LogP contribution >= 0.6 is 0 Å². The highest BCUT2D eigenvalue weighted by molar-refractivity contribution is 5.78. The molecule has 0 saturated heterocycles. The molecule has 4 heteroatoms. The lowest BCUT2D eigenvalue weighted by Gasteiger charge is -2.29. The van der Waals surface area contributed by atoms with Crippen molar-refractivity contribution >= 4 is 5.97 Å². The van der Waals surface area contributed by atoms with E-state index < -0.39 is 11.5 Å². The number of nitrogens with two attached hydrogens (primary N) is 1. The van der Waals surface area contributed by atoms with Crippen LogP contribution < -0.4 is 5.73 Å². The molecule has 2 unspecified atom stereocenters. The van der Waals surface area contributed by atoms with Crippen molar-refractivity contribution in [1.82, 2.24) is 0 Å². The zero-order chi connectivity index (χ0) is 13.9. The molecule has 2 rings (SSSR count). The highest BCUT2D eigenvalue weighted by atomic mass is 16.5. The fraction of sp³-hybridized carbons (Fsp3) is 0.533. The molecule has 4 nitrogen and oxygen atoms in total. The average Bonchev–Trinajstić information content (AvgIpc) is 2.81. The Hall–Kier alpha value is -1.39. The van der Waals surface area contributed by atoms with Gasteiger partial charge in [0.05, 0.1) is 11.5 Å². The van der Waals surface area contributed by atoms with Crippen LogP contribution in [0.25, 0.3) is 0 Å². The Balaban J connectivity index is 2.01. The van der Waals surface area contributed by atoms with Crippen molar-refractivity contribution in [2.24, 2.45) is 11.1 Å². The van der Waals surface area contributed by atoms with Crippen LogP contribution in [0.4, 0.5) is 0 Å². The molecule has 19 heavy (non-hydrogen) atoms. The van der Waals surface area contributed by atoms with Gasteiger partial charge in [-0.2, -0.15) is 0 Å². The maximum Gasteiger partial charge on any atom is 0.315 e. The van der Waals surface area contributed by atoms with E-state index in [2.05, 4.69) is 0 Å². The van der Waals surface area contributed by atoms with Crippen molar-refractivity contribution in [2.75, 3.05) is 0 Å². The fourth-order valence-electron chi connectivity index (χ4n) is 2.72. The Bertz CT molecular complexity index is 432. The zero-order valence-electron chi connectivity index (χ0n) is 11.2. The summed E-state index contributed by atoms with van der Waals surface area (Å²) >= 11 is 0. The first-order valence-electron chi connectivity index (χ1n) is 6.69. The number of carbonyl (C=O) groups is 1. The van der Waals surface area contributed by atoms with E-state index in [4.69, 9.17) is 10.5 Å². The van der Waals surface area contributed by atoms with Crippen LogP contribution in [0.3, 0.4) is 0 Å². The highest BCUT2D eigenvalue weighted by Gasteiger charge is 2.49. The minimum atomic E-state index is -0.825. The van der Waals surface area contributed by atoms with Crippen molar-refractivity contribution < 1.29 is 14.6 Å². The second-order valence-electron chi connectivity index (χ2n) is 5.40. The Morgan fingerprint density at radius 1 is 1.53 bits per heavy atom. The predicted octanol–water partition coefficient (Wildman–Crippen LogP) is 1.61. The van der Waals surface area contributed by atoms with Crippen molar-refractivity contribution in [2.45, 2.75) is 44.9 Å². The fourth-order valence-corrected chi connectivity index (χ4v) is 2.72. The topological polar surface area (TPSA) is 72.5 Å². The summed E-state index contributed by atoms with van der Waals surface area (Å²) in [5.74, 6) is -0.334. The highest BCUT2D eigenvalue weighted by Crippen LogP contribution is 2.41. The average molecular weight is 263 g/mol. The SMILES string of the molecule is CC(O)C1(C(=O)OCc2ccccc2)CC[C@@H](N)C1. The van der Waals surface area contributed by atoms with E-state index >= 15 is 0 Å². The van der Waals surface area contributed by atoms with Crippen LogP contribution in [-0.4, -0.2) is 23.2 Å². The quantitative estimate of drug-likeness (QED) is 0.809. The first kappa shape index (κ1) is 14.0. The van der Waals surface area contributed by atoms with Crippen LogP contribution in [0, 0.1) is 5.41 Å². The number of aliphatic hydroxyl groups is 1. The molecular weight excluding hydrogens is 242 g/mol. The summed E-state index contributed by atoms with van der Waals surface area (Å²) in [5, 5.41) is 9.93. The van der Waals surface area contributed by atoms with Gasteiger partial charge in [0.25, 0.3) is 0 Å². The number of esters is 1. The molecule has 104 valence electrons. The lowest BCUT2D eigenvalue weighted by Crippen LogP contribution is -2.41. The van der Waals surface area contributed by atoms with Crippen LogP contribution in [0.2, 0.25) is 0 Å². The normalized spacial score (nSPS) is 28.1. The van der Waals surface area contributed by atoms with Crippen molar-refractivity contribution in [3.63, 3.8) is 0 Å². The summed E-state index contributed by atoms with van der Waals surface area (Å²) in [6.07, 6.45) is 1.12. The van der Waals surface area contributed by atoms with Crippen LogP contribution in [0.15, 0.2) is 30.3 Å². The number of aliphatic hydroxyl groups excluding tert-OH is 1. The molecule has 0 aliphatic heterocycles. The molecule has 0 radical (unpaired) electrons. The van der Waals surface area contributed by atoms with Gasteiger partial charge in [-0.05, 0) is 31.7 Å². The predicted molar refractivity (Wildman–Crippen MR) is 72.2 cm³/mol. The Morgan fingerprint density at radius 2 is 2.21 bits per heavy atom. The Morgan fingerprint density at radius 3 is 2.74 bits per heavy atom. The van der Waals surface area contributed by atoms with Crippen LogP contribution in [-0.2, 0) is 16.1 Å². The van der Waals surface area contributed by atoms with Crippen LogP contribution in [0.1, 0.15) is 31.7 Å². The van der Waals surface area contributed by atoms with Crippen molar-refractivity contribution in [1.29, 1.82) is 0 Å². The smallest absolute Gasteiger partial charge is 0.315 e. The van der Waals surface area contributed by atoms with E-state index in [1.807, 2.05) is 30.3 Å². The Labute approximate surface area is 113 Å². The molecule has 1 aromatic carbocycles. The number of carbonyl (C=O) groups excluding carboxylic acids is 1. The van der Waals surface area contributed by atoms with E-state index in [9.17, 15) is 9.90 Å². The largest absolute Gasteiger partial charge is 0.460 e. The van der Waals surface area contributed by atoms with Gasteiger partial charge in [-0.3, -0.25) is 4.79 Å². The molecule has 0 bridgehead atoms. The maximum atomic E-state index is 12.3. The van der Waals surface area contributed by atoms with Gasteiger partial charge in [0, 0.05) is 6.04 Å². The zero-order valence-corrected chi connectivity index (χ0v) is 11.2. The number of hydrogen-bond donors (Lipinski definition) is 2. The molecule has 3 atom stereocenters. The number of hydrogen-bond acceptors (Lipinski definition) is 4. The monoisotopic (exact) mass is 263 g/mol. The third kappa shape index (κ3) is 2.96. The standard InChI is InChI=1S/C15H21NO3/c1-11(17)15(8-7-13(16)9-15)14(18)19-10-12-5-3-2-4-6-12/h2-6,11,13,17H,7-10,16H2,1H3/t11?,13-,15?/m1/s1. The summed E-state index contributed by atoms with van der Waals surface area (Å²) in [4.78, 5) is 12.3. The van der Waals surface area contributed by atoms with Gasteiger partial charge in [0.15, 0.2) is 0 Å². The summed E-state index contributed by atoms with van der Waals surface area (Å²) in [6.45, 7) is 1.88. The summed E-state index contributed by atoms with van der Waals surface area (Å²) in [5.41, 5.74) is 5.99. The molecule has 1 saturated carbocycles. The van der Waals surface area contributed by atoms with Gasteiger partial charge in [0.1, 0.15) is 6.61 Å². The van der Waals surface area contributed by atoms with Gasteiger partial charge >= 0.3 is 5.97 Å². The van der Waals surface area contributed by atoms with Crippen LogP contribution in [0.5, 0.6) is 0 Å². The van der Waals surface area contributed by atoms with Gasteiger partial charge in [0.2, 0.25) is 0 Å². The Kier molecular flexibility index (Phi) is 4.22. The molecule has 1 fully saturated rings. The van der Waals surface area contributed by atoms with E-state index in [-0.39, 0.29) is 18.6 Å². The molecule has 1 aliphatic rings. The number of ether oxygens (including phenoxy) is 1. The van der Waals surface area contributed by atoms with E-state index in [0.29, 0.717) is 12.8 Å². The summed E-state index contributed by atoms with van der Waals surface area (Å²) in [6, 6.07) is 9.50. The second-order valence-corrected chi connectivity index (χ2v) is 5.40. The molecule has 0 heterocycles. The first-order valence-corrected chi connectivity index (χ1v) is 6.69. The minimum absolute atomic E-state index is 0.0288. The van der Waals surface area contributed by atoms with E-state index in [1.165, 1.54) is 0 Å². The number of benzene rings is 1. The first-order chi connectivity index (χ1) is 9.04. The van der Waals surface area contributed by atoms with Crippen molar-refractivity contribution in [3.05, 3.63) is 35.9 Å². The van der Waals surface area contributed by atoms with Crippen molar-refractivity contribution in [3.8, 4) is 0 Å². The molecule has 0 aromatic heterocycles. The summed E-state index contributed by atoms with van der Waals surface area (Å²) < 4.78 is 5.37. The minimum Gasteiger partial charge on any atom is -0.460 e. The molecule has 1 aromatic rings. The van der Waals surface area contributed by atoms with E-state index in [0.717, 1.165) is 12.0 Å². The molecule has 3 N–H and O–H groups in total. The van der Waals surface area contributed by atoms with Gasteiger partial charge in [-0.1, -0.05) is 30.3 Å². The maximum absolute atomic E-state index is 12.3. The third-order valence-corrected chi connectivity index (χ3v) is 4.01. The molecule has 1 aliphatic carbocycles. The van der Waals surface area contributed by atoms with E-state index in [1.54, 1.807) is 6.92 Å². The lowest BCUT2D eigenvalue weighted by molar-refractivity contribution is -0.164. The lowest BCUT2D eigenvalue weighted by atomic mass is 9.81. The number of rotatable bonds is 4. The third-order valence-electron chi connectivity index (χ3n) is 4.01. The summed E-state index contributed by atoms with van der Waals surface area (Å²) in [7, 11) is 0. The molecular formula is C15H21NO3. The molecule has 0 amide bonds.